The van der Waals surface area contributed by atoms with Crippen molar-refractivity contribution in [3.63, 3.8) is 0 Å². The molecule has 5 heteroatoms. The number of ether oxygens (including phenoxy) is 1. The Bertz CT molecular complexity index is 559. The SMILES string of the molecule is c1coc(-c2cnc(OC3CN4CCC3CC4)nc2)c1. The van der Waals surface area contributed by atoms with Gasteiger partial charge in [-0.1, -0.05) is 0 Å². The predicted octanol–water partition coefficient (Wildman–Crippen LogP) is 2.21. The Morgan fingerprint density at radius 3 is 2.60 bits per heavy atom. The average Bonchev–Trinajstić information content (AvgIpc) is 3.04. The lowest BCUT2D eigenvalue weighted by atomic mass is 9.86. The van der Waals surface area contributed by atoms with Gasteiger partial charge in [-0.05, 0) is 44.0 Å². The standard InChI is InChI=1S/C15H17N3O2/c1-2-13(19-7-1)12-8-16-15(17-9-12)20-14-10-18-5-3-11(14)4-6-18/h1-2,7-9,11,14H,3-6,10H2. The molecule has 0 amide bonds. The van der Waals surface area contributed by atoms with Crippen molar-refractivity contribution in [1.82, 2.24) is 14.9 Å². The van der Waals surface area contributed by atoms with Crippen molar-refractivity contribution < 1.29 is 9.15 Å². The second-order valence-corrected chi connectivity index (χ2v) is 5.53. The number of hydrogen-bond donors (Lipinski definition) is 0. The molecule has 1 atom stereocenters. The second kappa shape index (κ2) is 4.90. The molecule has 2 bridgehead atoms. The lowest BCUT2D eigenvalue weighted by Gasteiger charge is -2.43. The zero-order valence-corrected chi connectivity index (χ0v) is 11.2. The smallest absolute Gasteiger partial charge is 0.316 e. The quantitative estimate of drug-likeness (QED) is 0.856. The second-order valence-electron chi connectivity index (χ2n) is 5.53. The van der Waals surface area contributed by atoms with E-state index in [2.05, 4.69) is 14.9 Å². The summed E-state index contributed by atoms with van der Waals surface area (Å²) < 4.78 is 11.3. The fraction of sp³-hybridized carbons (Fsp3) is 0.467. The van der Waals surface area contributed by atoms with Crippen molar-refractivity contribution >= 4 is 0 Å². The minimum absolute atomic E-state index is 0.243. The molecule has 0 aliphatic carbocycles. The third kappa shape index (κ3) is 2.18. The van der Waals surface area contributed by atoms with Crippen LogP contribution in [-0.4, -0.2) is 40.6 Å². The third-order valence-corrected chi connectivity index (χ3v) is 4.29. The van der Waals surface area contributed by atoms with Crippen LogP contribution in [0.4, 0.5) is 0 Å². The molecule has 0 radical (unpaired) electrons. The van der Waals surface area contributed by atoms with Gasteiger partial charge in [-0.15, -0.1) is 0 Å². The molecule has 3 fully saturated rings. The third-order valence-electron chi connectivity index (χ3n) is 4.29. The number of piperidine rings is 3. The Labute approximate surface area is 117 Å². The van der Waals surface area contributed by atoms with Gasteiger partial charge in [0.05, 0.1) is 11.8 Å². The summed E-state index contributed by atoms with van der Waals surface area (Å²) in [6.45, 7) is 3.43. The number of fused-ring (bicyclic) bond motifs is 3. The Morgan fingerprint density at radius 1 is 1.20 bits per heavy atom. The van der Waals surface area contributed by atoms with Gasteiger partial charge in [-0.25, -0.2) is 9.97 Å². The van der Waals surface area contributed by atoms with Gasteiger partial charge in [-0.3, -0.25) is 4.90 Å². The minimum Gasteiger partial charge on any atom is -0.464 e. The largest absolute Gasteiger partial charge is 0.464 e. The first-order valence-electron chi connectivity index (χ1n) is 7.13. The summed E-state index contributed by atoms with van der Waals surface area (Å²) in [5.74, 6) is 1.44. The summed E-state index contributed by atoms with van der Waals surface area (Å²) in [5.41, 5.74) is 0.872. The number of nitrogens with zero attached hydrogens (tertiary/aromatic N) is 3. The fourth-order valence-electron chi connectivity index (χ4n) is 3.13. The first-order chi connectivity index (χ1) is 9.88. The van der Waals surface area contributed by atoms with E-state index in [4.69, 9.17) is 9.15 Å². The van der Waals surface area contributed by atoms with Crippen LogP contribution in [0, 0.1) is 5.92 Å². The van der Waals surface area contributed by atoms with E-state index in [1.807, 2.05) is 12.1 Å². The van der Waals surface area contributed by atoms with Gasteiger partial charge in [0, 0.05) is 18.9 Å². The molecule has 5 nitrogen and oxygen atoms in total. The van der Waals surface area contributed by atoms with Crippen LogP contribution in [0.2, 0.25) is 0 Å². The van der Waals surface area contributed by atoms with Crippen molar-refractivity contribution in [3.8, 4) is 17.3 Å². The van der Waals surface area contributed by atoms with Crippen molar-refractivity contribution in [2.24, 2.45) is 5.92 Å². The van der Waals surface area contributed by atoms with Crippen LogP contribution in [0.15, 0.2) is 35.2 Å². The molecular weight excluding hydrogens is 254 g/mol. The molecule has 2 aromatic rings. The van der Waals surface area contributed by atoms with Crippen LogP contribution in [0.1, 0.15) is 12.8 Å². The maximum Gasteiger partial charge on any atom is 0.316 e. The van der Waals surface area contributed by atoms with E-state index in [1.165, 1.54) is 25.9 Å². The van der Waals surface area contributed by atoms with E-state index in [9.17, 15) is 0 Å². The topological polar surface area (TPSA) is 51.4 Å². The van der Waals surface area contributed by atoms with Gasteiger partial charge in [0.15, 0.2) is 0 Å². The minimum atomic E-state index is 0.243. The van der Waals surface area contributed by atoms with Crippen molar-refractivity contribution in [2.75, 3.05) is 19.6 Å². The van der Waals surface area contributed by atoms with Crippen LogP contribution in [0.3, 0.4) is 0 Å². The maximum atomic E-state index is 5.97. The zero-order chi connectivity index (χ0) is 13.4. The summed E-state index contributed by atoms with van der Waals surface area (Å²) in [6.07, 6.45) is 7.86. The molecule has 20 heavy (non-hydrogen) atoms. The van der Waals surface area contributed by atoms with Gasteiger partial charge in [0.25, 0.3) is 0 Å². The van der Waals surface area contributed by atoms with Gasteiger partial charge >= 0.3 is 6.01 Å². The predicted molar refractivity (Wildman–Crippen MR) is 73.3 cm³/mol. The van der Waals surface area contributed by atoms with E-state index in [-0.39, 0.29) is 6.10 Å². The number of aromatic nitrogens is 2. The first kappa shape index (κ1) is 11.9. The van der Waals surface area contributed by atoms with Crippen molar-refractivity contribution in [1.29, 1.82) is 0 Å². The lowest BCUT2D eigenvalue weighted by molar-refractivity contribution is -0.0123. The lowest BCUT2D eigenvalue weighted by Crippen LogP contribution is -2.52. The molecule has 0 aromatic carbocycles. The summed E-state index contributed by atoms with van der Waals surface area (Å²) in [7, 11) is 0. The molecule has 2 aromatic heterocycles. The Balaban J connectivity index is 1.47. The Kier molecular flexibility index (Phi) is 2.92. The van der Waals surface area contributed by atoms with E-state index < -0.39 is 0 Å². The van der Waals surface area contributed by atoms with Crippen molar-refractivity contribution in [2.45, 2.75) is 18.9 Å². The van der Waals surface area contributed by atoms with E-state index >= 15 is 0 Å². The summed E-state index contributed by atoms with van der Waals surface area (Å²) in [4.78, 5) is 11.1. The molecule has 0 N–H and O–H groups in total. The van der Waals surface area contributed by atoms with Crippen LogP contribution in [0.25, 0.3) is 11.3 Å². The molecule has 0 saturated carbocycles. The van der Waals surface area contributed by atoms with Crippen LogP contribution >= 0.6 is 0 Å². The molecule has 5 rings (SSSR count). The molecule has 1 unspecified atom stereocenters. The number of furan rings is 1. The highest BCUT2D eigenvalue weighted by atomic mass is 16.5. The molecule has 5 heterocycles. The highest BCUT2D eigenvalue weighted by Crippen LogP contribution is 2.30. The van der Waals surface area contributed by atoms with Gasteiger partial charge in [0.1, 0.15) is 11.9 Å². The highest BCUT2D eigenvalue weighted by Gasteiger charge is 2.35. The maximum absolute atomic E-state index is 5.97. The van der Waals surface area contributed by atoms with Crippen LogP contribution in [0.5, 0.6) is 6.01 Å². The van der Waals surface area contributed by atoms with Crippen LogP contribution < -0.4 is 4.74 Å². The van der Waals surface area contributed by atoms with Gasteiger partial charge < -0.3 is 9.15 Å². The van der Waals surface area contributed by atoms with Gasteiger partial charge in [0.2, 0.25) is 0 Å². The summed E-state index contributed by atoms with van der Waals surface area (Å²) in [6, 6.07) is 4.22. The van der Waals surface area contributed by atoms with Gasteiger partial charge in [-0.2, -0.15) is 0 Å². The highest BCUT2D eigenvalue weighted by molar-refractivity contribution is 5.54. The Morgan fingerprint density at radius 2 is 2.00 bits per heavy atom. The molecule has 0 spiro atoms. The average molecular weight is 271 g/mol. The molecule has 104 valence electrons. The fourth-order valence-corrected chi connectivity index (χ4v) is 3.13. The zero-order valence-electron chi connectivity index (χ0n) is 11.2. The Hall–Kier alpha value is -1.88. The van der Waals surface area contributed by atoms with Crippen molar-refractivity contribution in [3.05, 3.63) is 30.8 Å². The monoisotopic (exact) mass is 271 g/mol. The van der Waals surface area contributed by atoms with E-state index in [0.29, 0.717) is 11.9 Å². The number of hydrogen-bond acceptors (Lipinski definition) is 5. The normalized spacial score (nSPS) is 28.5. The number of rotatable bonds is 3. The van der Waals surface area contributed by atoms with Crippen LogP contribution in [-0.2, 0) is 0 Å². The molecule has 3 saturated heterocycles. The molecule has 3 aliphatic rings. The summed E-state index contributed by atoms with van der Waals surface area (Å²) in [5, 5.41) is 0. The molecule has 3 aliphatic heterocycles. The van der Waals surface area contributed by atoms with E-state index in [1.54, 1.807) is 18.7 Å². The van der Waals surface area contributed by atoms with E-state index in [0.717, 1.165) is 17.9 Å². The summed E-state index contributed by atoms with van der Waals surface area (Å²) >= 11 is 0. The first-order valence-corrected chi connectivity index (χ1v) is 7.13. The molecular formula is C15H17N3O2.